The van der Waals surface area contributed by atoms with Crippen LogP contribution in [-0.2, 0) is 9.53 Å². The first kappa shape index (κ1) is 8.92. The third-order valence-corrected chi connectivity index (χ3v) is 3.16. The maximum absolute atomic E-state index is 11.7. The maximum atomic E-state index is 11.7. The predicted molar refractivity (Wildman–Crippen MR) is 55.0 cm³/mol. The number of fused-ring (bicyclic) bond motifs is 1. The van der Waals surface area contributed by atoms with Gasteiger partial charge in [0.15, 0.2) is 6.23 Å². The highest BCUT2D eigenvalue weighted by molar-refractivity contribution is 5.79. The van der Waals surface area contributed by atoms with Crippen molar-refractivity contribution in [2.45, 2.75) is 25.1 Å². The Morgan fingerprint density at radius 2 is 2.07 bits per heavy atom. The summed E-state index contributed by atoms with van der Waals surface area (Å²) < 4.78 is 5.68. The first-order chi connectivity index (χ1) is 7.36. The number of amides is 1. The van der Waals surface area contributed by atoms with Gasteiger partial charge in [0, 0.05) is 12.0 Å². The molecular weight excluding hydrogens is 190 g/mol. The van der Waals surface area contributed by atoms with Gasteiger partial charge >= 0.3 is 0 Å². The second kappa shape index (κ2) is 3.35. The highest BCUT2D eigenvalue weighted by Gasteiger charge is 2.42. The van der Waals surface area contributed by atoms with E-state index in [1.807, 2.05) is 35.2 Å². The molecule has 3 nitrogen and oxygen atoms in total. The summed E-state index contributed by atoms with van der Waals surface area (Å²) in [5.74, 6) is 0.228. The van der Waals surface area contributed by atoms with E-state index in [9.17, 15) is 4.79 Å². The summed E-state index contributed by atoms with van der Waals surface area (Å²) in [6.07, 6.45) is 1.48. The number of hydrogen-bond acceptors (Lipinski definition) is 2. The van der Waals surface area contributed by atoms with E-state index in [0.29, 0.717) is 19.1 Å². The van der Waals surface area contributed by atoms with Crippen molar-refractivity contribution in [3.8, 4) is 0 Å². The summed E-state index contributed by atoms with van der Waals surface area (Å²) >= 11 is 0. The van der Waals surface area contributed by atoms with Crippen LogP contribution in [-0.4, -0.2) is 23.5 Å². The van der Waals surface area contributed by atoms with Gasteiger partial charge in [-0.25, -0.2) is 0 Å². The molecule has 78 valence electrons. The van der Waals surface area contributed by atoms with Crippen molar-refractivity contribution in [1.29, 1.82) is 0 Å². The minimum Gasteiger partial charge on any atom is -0.352 e. The van der Waals surface area contributed by atoms with Gasteiger partial charge in [0.25, 0.3) is 0 Å². The van der Waals surface area contributed by atoms with Crippen LogP contribution in [0.5, 0.6) is 0 Å². The van der Waals surface area contributed by atoms with Crippen LogP contribution >= 0.6 is 0 Å². The van der Waals surface area contributed by atoms with Gasteiger partial charge < -0.3 is 9.64 Å². The van der Waals surface area contributed by atoms with Crippen LogP contribution in [0.4, 0.5) is 0 Å². The van der Waals surface area contributed by atoms with Crippen molar-refractivity contribution in [3.63, 3.8) is 0 Å². The zero-order chi connectivity index (χ0) is 10.3. The average Bonchev–Trinajstić information content (AvgIpc) is 2.84. The molecule has 0 saturated carbocycles. The quantitative estimate of drug-likeness (QED) is 0.695. The van der Waals surface area contributed by atoms with Gasteiger partial charge in [-0.3, -0.25) is 4.79 Å². The number of rotatable bonds is 1. The molecule has 0 spiro atoms. The lowest BCUT2D eigenvalue weighted by atomic mass is 10.2. The fraction of sp³-hybridized carbons (Fsp3) is 0.417. The van der Waals surface area contributed by atoms with Crippen LogP contribution < -0.4 is 0 Å². The van der Waals surface area contributed by atoms with E-state index in [-0.39, 0.29) is 12.1 Å². The van der Waals surface area contributed by atoms with E-state index in [4.69, 9.17) is 4.74 Å². The molecule has 2 heterocycles. The SMILES string of the molecule is O=C1CCC2COC(c3ccccc3)N12. The maximum Gasteiger partial charge on any atom is 0.225 e. The predicted octanol–water partition coefficient (Wildman–Crippen LogP) is 1.71. The van der Waals surface area contributed by atoms with Gasteiger partial charge in [0.1, 0.15) is 0 Å². The number of hydrogen-bond donors (Lipinski definition) is 0. The Kier molecular flexibility index (Phi) is 1.99. The number of nitrogens with zero attached hydrogens (tertiary/aromatic N) is 1. The lowest BCUT2D eigenvalue weighted by Crippen LogP contribution is -2.30. The summed E-state index contributed by atoms with van der Waals surface area (Å²) in [7, 11) is 0. The lowest BCUT2D eigenvalue weighted by Gasteiger charge is -2.22. The van der Waals surface area contributed by atoms with Crippen molar-refractivity contribution >= 4 is 5.91 Å². The largest absolute Gasteiger partial charge is 0.352 e. The second-order valence-electron chi connectivity index (χ2n) is 4.09. The fourth-order valence-electron chi connectivity index (χ4n) is 2.40. The van der Waals surface area contributed by atoms with E-state index in [2.05, 4.69) is 0 Å². The first-order valence-electron chi connectivity index (χ1n) is 5.34. The van der Waals surface area contributed by atoms with Crippen LogP contribution in [0.15, 0.2) is 30.3 Å². The summed E-state index contributed by atoms with van der Waals surface area (Å²) in [6.45, 7) is 0.686. The van der Waals surface area contributed by atoms with E-state index < -0.39 is 0 Å². The Balaban J connectivity index is 1.92. The molecule has 1 aromatic carbocycles. The van der Waals surface area contributed by atoms with Gasteiger partial charge in [-0.1, -0.05) is 30.3 Å². The van der Waals surface area contributed by atoms with Gasteiger partial charge in [0.2, 0.25) is 5.91 Å². The molecule has 3 rings (SSSR count). The monoisotopic (exact) mass is 203 g/mol. The number of carbonyl (C=O) groups excluding carboxylic acids is 1. The Morgan fingerprint density at radius 1 is 1.27 bits per heavy atom. The molecule has 15 heavy (non-hydrogen) atoms. The third-order valence-electron chi connectivity index (χ3n) is 3.16. The smallest absolute Gasteiger partial charge is 0.225 e. The molecule has 0 N–H and O–H groups in total. The second-order valence-corrected chi connectivity index (χ2v) is 4.09. The average molecular weight is 203 g/mol. The molecule has 0 aromatic heterocycles. The van der Waals surface area contributed by atoms with E-state index >= 15 is 0 Å². The van der Waals surface area contributed by atoms with Crippen LogP contribution in [0.1, 0.15) is 24.6 Å². The number of carbonyl (C=O) groups is 1. The summed E-state index contributed by atoms with van der Waals surface area (Å²) in [6, 6.07) is 10.3. The van der Waals surface area contributed by atoms with Crippen LogP contribution in [0.3, 0.4) is 0 Å². The highest BCUT2D eigenvalue weighted by Crippen LogP contribution is 2.36. The molecule has 2 fully saturated rings. The summed E-state index contributed by atoms with van der Waals surface area (Å²) in [5, 5.41) is 0. The molecule has 2 unspecified atom stereocenters. The van der Waals surface area contributed by atoms with Crippen LogP contribution in [0.2, 0.25) is 0 Å². The van der Waals surface area contributed by atoms with Crippen molar-refractivity contribution in [1.82, 2.24) is 4.90 Å². The zero-order valence-electron chi connectivity index (χ0n) is 8.43. The molecule has 1 amide bonds. The molecule has 0 bridgehead atoms. The van der Waals surface area contributed by atoms with Gasteiger partial charge in [0.05, 0.1) is 12.6 Å². The Morgan fingerprint density at radius 3 is 2.87 bits per heavy atom. The number of ether oxygens (including phenoxy) is 1. The Labute approximate surface area is 88.6 Å². The van der Waals surface area contributed by atoms with E-state index in [0.717, 1.165) is 12.0 Å². The lowest BCUT2D eigenvalue weighted by molar-refractivity contribution is -0.134. The fourth-order valence-corrected chi connectivity index (χ4v) is 2.40. The Hall–Kier alpha value is -1.35. The van der Waals surface area contributed by atoms with E-state index in [1.54, 1.807) is 0 Å². The van der Waals surface area contributed by atoms with Crippen molar-refractivity contribution in [2.24, 2.45) is 0 Å². The first-order valence-corrected chi connectivity index (χ1v) is 5.34. The highest BCUT2D eigenvalue weighted by atomic mass is 16.5. The molecule has 0 aliphatic carbocycles. The van der Waals surface area contributed by atoms with Gasteiger partial charge in [-0.2, -0.15) is 0 Å². The molecular formula is C12H13NO2. The van der Waals surface area contributed by atoms with E-state index in [1.165, 1.54) is 0 Å². The van der Waals surface area contributed by atoms with Crippen molar-refractivity contribution in [2.75, 3.05) is 6.61 Å². The minimum atomic E-state index is -0.147. The summed E-state index contributed by atoms with van der Waals surface area (Å²) in [5.41, 5.74) is 1.08. The number of benzene rings is 1. The zero-order valence-corrected chi connectivity index (χ0v) is 8.43. The molecule has 0 radical (unpaired) electrons. The minimum absolute atomic E-state index is 0.147. The van der Waals surface area contributed by atoms with Crippen molar-refractivity contribution in [3.05, 3.63) is 35.9 Å². The molecule has 2 saturated heterocycles. The summed E-state index contributed by atoms with van der Waals surface area (Å²) in [4.78, 5) is 13.6. The van der Waals surface area contributed by atoms with Gasteiger partial charge in [-0.15, -0.1) is 0 Å². The molecule has 3 heteroatoms. The molecule has 2 aliphatic heterocycles. The van der Waals surface area contributed by atoms with Crippen LogP contribution in [0.25, 0.3) is 0 Å². The standard InChI is InChI=1S/C12H13NO2/c14-11-7-6-10-8-15-12(13(10)11)9-4-2-1-3-5-9/h1-5,10,12H,6-8H2. The third kappa shape index (κ3) is 1.35. The molecule has 2 aliphatic rings. The topological polar surface area (TPSA) is 29.5 Å². The molecule has 1 aromatic rings. The van der Waals surface area contributed by atoms with Gasteiger partial charge in [-0.05, 0) is 6.42 Å². The molecule has 2 atom stereocenters. The normalized spacial score (nSPS) is 29.6. The van der Waals surface area contributed by atoms with Crippen LogP contribution in [0, 0.1) is 0 Å². The Bertz CT molecular complexity index is 376. The van der Waals surface area contributed by atoms with Crippen molar-refractivity contribution < 1.29 is 9.53 Å².